The van der Waals surface area contributed by atoms with Gasteiger partial charge >= 0.3 is 5.69 Å². The van der Waals surface area contributed by atoms with Gasteiger partial charge in [0.05, 0.1) is 6.54 Å². The Hall–Kier alpha value is -1.19. The van der Waals surface area contributed by atoms with Gasteiger partial charge in [0.1, 0.15) is 0 Å². The van der Waals surface area contributed by atoms with Gasteiger partial charge in [-0.2, -0.15) is 0 Å². The molecular weight excluding hydrogens is 247 g/mol. The van der Waals surface area contributed by atoms with Gasteiger partial charge in [0.15, 0.2) is 0 Å². The van der Waals surface area contributed by atoms with E-state index in [1.54, 1.807) is 36.1 Å². The van der Waals surface area contributed by atoms with Gasteiger partial charge in [0, 0.05) is 29.5 Å². The van der Waals surface area contributed by atoms with Crippen molar-refractivity contribution in [2.24, 2.45) is 7.05 Å². The fourth-order valence-electron chi connectivity index (χ4n) is 1.46. The van der Waals surface area contributed by atoms with E-state index >= 15 is 0 Å². The van der Waals surface area contributed by atoms with Gasteiger partial charge in [-0.25, -0.2) is 4.79 Å². The number of imidazole rings is 1. The lowest BCUT2D eigenvalue weighted by atomic mass is 10.2. The first kappa shape index (κ1) is 11.3. The zero-order valence-corrected chi connectivity index (χ0v) is 10.2. The maximum Gasteiger partial charge on any atom is 0.328 e. The SMILES string of the molecule is Cn1ccn(Cc2ccc(Cl)cc2Cl)c1=O. The van der Waals surface area contributed by atoms with Crippen LogP contribution < -0.4 is 5.69 Å². The molecule has 0 bridgehead atoms. The summed E-state index contributed by atoms with van der Waals surface area (Å²) in [4.78, 5) is 11.6. The van der Waals surface area contributed by atoms with Crippen molar-refractivity contribution in [3.05, 3.63) is 56.7 Å². The fraction of sp³-hybridized carbons (Fsp3) is 0.182. The maximum atomic E-state index is 11.6. The molecule has 0 saturated heterocycles. The molecule has 2 rings (SSSR count). The Morgan fingerprint density at radius 1 is 1.25 bits per heavy atom. The molecule has 16 heavy (non-hydrogen) atoms. The Labute approximate surface area is 103 Å². The first-order chi connectivity index (χ1) is 7.58. The third-order valence-corrected chi connectivity index (χ3v) is 2.96. The minimum atomic E-state index is -0.0639. The van der Waals surface area contributed by atoms with Gasteiger partial charge in [-0.15, -0.1) is 0 Å². The van der Waals surface area contributed by atoms with Crippen molar-refractivity contribution >= 4 is 23.2 Å². The second-order valence-corrected chi connectivity index (χ2v) is 4.40. The molecule has 0 aliphatic heterocycles. The van der Waals surface area contributed by atoms with E-state index in [0.717, 1.165) is 5.56 Å². The van der Waals surface area contributed by atoms with Gasteiger partial charge < -0.3 is 4.57 Å². The van der Waals surface area contributed by atoms with E-state index in [-0.39, 0.29) is 5.69 Å². The molecule has 0 radical (unpaired) electrons. The van der Waals surface area contributed by atoms with Crippen molar-refractivity contribution in [3.63, 3.8) is 0 Å². The fourth-order valence-corrected chi connectivity index (χ4v) is 1.93. The van der Waals surface area contributed by atoms with Crippen LogP contribution in [0.2, 0.25) is 10.0 Å². The number of benzene rings is 1. The number of aromatic nitrogens is 2. The Morgan fingerprint density at radius 3 is 2.56 bits per heavy atom. The standard InChI is InChI=1S/C11H10Cl2N2O/c1-14-4-5-15(11(14)16)7-8-2-3-9(12)6-10(8)13/h2-6H,7H2,1H3. The predicted octanol–water partition coefficient (Wildman–Crippen LogP) is 2.54. The average Bonchev–Trinajstić information content (AvgIpc) is 2.54. The van der Waals surface area contributed by atoms with Crippen molar-refractivity contribution in [2.45, 2.75) is 6.54 Å². The van der Waals surface area contributed by atoms with Crippen LogP contribution >= 0.6 is 23.2 Å². The highest BCUT2D eigenvalue weighted by Crippen LogP contribution is 2.21. The number of aryl methyl sites for hydroxylation is 1. The minimum absolute atomic E-state index is 0.0639. The van der Waals surface area contributed by atoms with E-state index in [4.69, 9.17) is 23.2 Å². The number of hydrogen-bond donors (Lipinski definition) is 0. The van der Waals surface area contributed by atoms with Crippen molar-refractivity contribution in [1.29, 1.82) is 0 Å². The van der Waals surface area contributed by atoms with Gasteiger partial charge in [-0.1, -0.05) is 29.3 Å². The van der Waals surface area contributed by atoms with Crippen molar-refractivity contribution in [2.75, 3.05) is 0 Å². The summed E-state index contributed by atoms with van der Waals surface area (Å²) in [6, 6.07) is 5.26. The summed E-state index contributed by atoms with van der Waals surface area (Å²) in [6.45, 7) is 0.454. The summed E-state index contributed by atoms with van der Waals surface area (Å²) in [6.07, 6.45) is 3.44. The normalized spacial score (nSPS) is 10.7. The lowest BCUT2D eigenvalue weighted by Gasteiger charge is -2.04. The van der Waals surface area contributed by atoms with Crippen LogP contribution in [0.3, 0.4) is 0 Å². The maximum absolute atomic E-state index is 11.6. The van der Waals surface area contributed by atoms with Crippen LogP contribution in [-0.2, 0) is 13.6 Å². The highest BCUT2D eigenvalue weighted by atomic mass is 35.5. The van der Waals surface area contributed by atoms with E-state index in [1.807, 2.05) is 6.07 Å². The molecule has 0 fully saturated rings. The second-order valence-electron chi connectivity index (χ2n) is 3.56. The van der Waals surface area contributed by atoms with Crippen LogP contribution in [0.15, 0.2) is 35.4 Å². The van der Waals surface area contributed by atoms with Gasteiger partial charge in [-0.3, -0.25) is 4.57 Å². The van der Waals surface area contributed by atoms with Gasteiger partial charge in [-0.05, 0) is 17.7 Å². The molecule has 0 spiro atoms. The number of halogens is 2. The summed E-state index contributed by atoms with van der Waals surface area (Å²) in [5.74, 6) is 0. The van der Waals surface area contributed by atoms with E-state index < -0.39 is 0 Å². The van der Waals surface area contributed by atoms with Gasteiger partial charge in [0.2, 0.25) is 0 Å². The van der Waals surface area contributed by atoms with E-state index in [0.29, 0.717) is 16.6 Å². The number of hydrogen-bond acceptors (Lipinski definition) is 1. The first-order valence-corrected chi connectivity index (χ1v) is 5.49. The Morgan fingerprint density at radius 2 is 2.00 bits per heavy atom. The smallest absolute Gasteiger partial charge is 0.302 e. The monoisotopic (exact) mass is 256 g/mol. The molecule has 0 atom stereocenters. The Bertz CT molecular complexity index is 572. The van der Waals surface area contributed by atoms with E-state index in [2.05, 4.69) is 0 Å². The second kappa shape index (κ2) is 4.36. The van der Waals surface area contributed by atoms with Crippen LogP contribution in [0.25, 0.3) is 0 Å². The molecular formula is C11H10Cl2N2O. The Balaban J connectivity index is 2.34. The molecule has 84 valence electrons. The molecule has 3 nitrogen and oxygen atoms in total. The lowest BCUT2D eigenvalue weighted by Crippen LogP contribution is -2.22. The largest absolute Gasteiger partial charge is 0.328 e. The summed E-state index contributed by atoms with van der Waals surface area (Å²) in [5, 5.41) is 1.16. The molecule has 0 unspecified atom stereocenters. The third kappa shape index (κ3) is 2.15. The summed E-state index contributed by atoms with van der Waals surface area (Å²) in [7, 11) is 1.71. The molecule has 0 N–H and O–H groups in total. The number of nitrogens with zero attached hydrogens (tertiary/aromatic N) is 2. The minimum Gasteiger partial charge on any atom is -0.302 e. The van der Waals surface area contributed by atoms with Crippen LogP contribution in [-0.4, -0.2) is 9.13 Å². The summed E-state index contributed by atoms with van der Waals surface area (Å²) in [5.41, 5.74) is 0.811. The lowest BCUT2D eigenvalue weighted by molar-refractivity contribution is 0.718. The van der Waals surface area contributed by atoms with Crippen LogP contribution in [0, 0.1) is 0 Å². The molecule has 0 saturated carbocycles. The molecule has 0 amide bonds. The van der Waals surface area contributed by atoms with Crippen LogP contribution in [0.5, 0.6) is 0 Å². The van der Waals surface area contributed by atoms with Crippen molar-refractivity contribution in [1.82, 2.24) is 9.13 Å². The molecule has 1 aromatic heterocycles. The third-order valence-electron chi connectivity index (χ3n) is 2.37. The Kier molecular flexibility index (Phi) is 3.08. The van der Waals surface area contributed by atoms with Crippen molar-refractivity contribution < 1.29 is 0 Å². The van der Waals surface area contributed by atoms with Crippen LogP contribution in [0.4, 0.5) is 0 Å². The quantitative estimate of drug-likeness (QED) is 0.812. The summed E-state index contributed by atoms with van der Waals surface area (Å²) < 4.78 is 3.11. The molecule has 2 aromatic rings. The molecule has 0 aliphatic rings. The highest BCUT2D eigenvalue weighted by molar-refractivity contribution is 6.35. The zero-order chi connectivity index (χ0) is 11.7. The van der Waals surface area contributed by atoms with E-state index in [1.165, 1.54) is 4.57 Å². The zero-order valence-electron chi connectivity index (χ0n) is 8.65. The average molecular weight is 257 g/mol. The van der Waals surface area contributed by atoms with Gasteiger partial charge in [0.25, 0.3) is 0 Å². The molecule has 1 aromatic carbocycles. The van der Waals surface area contributed by atoms with E-state index in [9.17, 15) is 4.79 Å². The van der Waals surface area contributed by atoms with Crippen LogP contribution in [0.1, 0.15) is 5.56 Å². The molecule has 0 aliphatic carbocycles. The topological polar surface area (TPSA) is 26.9 Å². The molecule has 5 heteroatoms. The highest BCUT2D eigenvalue weighted by Gasteiger charge is 2.05. The summed E-state index contributed by atoms with van der Waals surface area (Å²) >= 11 is 11.8. The molecule has 1 heterocycles. The first-order valence-electron chi connectivity index (χ1n) is 4.73. The van der Waals surface area contributed by atoms with Crippen molar-refractivity contribution in [3.8, 4) is 0 Å². The predicted molar refractivity (Wildman–Crippen MR) is 65.2 cm³/mol. The number of rotatable bonds is 2.